The fourth-order valence-corrected chi connectivity index (χ4v) is 1.99. The van der Waals surface area contributed by atoms with Gasteiger partial charge in [-0.3, -0.25) is 4.98 Å². The van der Waals surface area contributed by atoms with Crippen molar-refractivity contribution in [2.24, 2.45) is 0 Å². The molecule has 1 aliphatic heterocycles. The predicted octanol–water partition coefficient (Wildman–Crippen LogP) is 3.10. The minimum absolute atomic E-state index is 0. The third kappa shape index (κ3) is 2.32. The highest BCUT2D eigenvalue weighted by Gasteiger charge is 2.19. The molecule has 1 aliphatic rings. The van der Waals surface area contributed by atoms with Crippen LogP contribution in [0.15, 0.2) is 28.8 Å². The average molecular weight is 261 g/mol. The maximum Gasteiger partial charge on any atom is 0.152 e. The number of hydrogen-bond acceptors (Lipinski definition) is 3. The maximum absolute atomic E-state index is 5.73. The number of nitrogens with one attached hydrogen (secondary N) is 1. The van der Waals surface area contributed by atoms with Gasteiger partial charge in [0.05, 0.1) is 6.04 Å². The molecule has 1 saturated heterocycles. The van der Waals surface area contributed by atoms with Crippen LogP contribution in [0.4, 0.5) is 0 Å². The van der Waals surface area contributed by atoms with Gasteiger partial charge in [-0.25, -0.2) is 0 Å². The van der Waals surface area contributed by atoms with Crippen molar-refractivity contribution in [1.29, 1.82) is 0 Å². The van der Waals surface area contributed by atoms with Gasteiger partial charge in [0.15, 0.2) is 5.58 Å². The standard InChI is InChI=1S/C11H12N2O.2ClH/c1-3-8(12-5-1)11-7-9-10(14-11)4-2-6-13-9;;/h2,4,6-8,12H,1,3,5H2;2*1H/t8-;;/m1../s1. The van der Waals surface area contributed by atoms with Gasteiger partial charge in [-0.1, -0.05) is 0 Å². The van der Waals surface area contributed by atoms with E-state index in [0.29, 0.717) is 6.04 Å². The molecule has 0 spiro atoms. The van der Waals surface area contributed by atoms with Gasteiger partial charge < -0.3 is 9.73 Å². The van der Waals surface area contributed by atoms with Crippen LogP contribution in [0.1, 0.15) is 24.6 Å². The van der Waals surface area contributed by atoms with Gasteiger partial charge in [0.1, 0.15) is 11.3 Å². The van der Waals surface area contributed by atoms with Crippen LogP contribution in [-0.4, -0.2) is 11.5 Å². The summed E-state index contributed by atoms with van der Waals surface area (Å²) in [4.78, 5) is 4.25. The number of hydrogen-bond donors (Lipinski definition) is 1. The van der Waals surface area contributed by atoms with Crippen molar-refractivity contribution >= 4 is 35.9 Å². The molecule has 1 N–H and O–H groups in total. The number of fused-ring (bicyclic) bond motifs is 1. The molecule has 0 amide bonds. The maximum atomic E-state index is 5.73. The number of aromatic nitrogens is 1. The lowest BCUT2D eigenvalue weighted by molar-refractivity contribution is 0.471. The molecule has 1 fully saturated rings. The molecular weight excluding hydrogens is 247 g/mol. The minimum Gasteiger partial charge on any atom is -0.458 e. The van der Waals surface area contributed by atoms with E-state index in [4.69, 9.17) is 4.42 Å². The summed E-state index contributed by atoms with van der Waals surface area (Å²) in [6, 6.07) is 6.29. The van der Waals surface area contributed by atoms with Gasteiger partial charge >= 0.3 is 0 Å². The molecule has 16 heavy (non-hydrogen) atoms. The number of halogens is 2. The lowest BCUT2D eigenvalue weighted by Gasteiger charge is -2.04. The molecule has 0 saturated carbocycles. The Kier molecular flexibility index (Phi) is 4.59. The second kappa shape index (κ2) is 5.53. The minimum atomic E-state index is 0. The molecule has 2 aromatic rings. The predicted molar refractivity (Wildman–Crippen MR) is 68.5 cm³/mol. The number of rotatable bonds is 1. The molecule has 0 bridgehead atoms. The molecule has 0 aliphatic carbocycles. The Labute approximate surface area is 106 Å². The van der Waals surface area contributed by atoms with Gasteiger partial charge in [0.2, 0.25) is 0 Å². The van der Waals surface area contributed by atoms with E-state index >= 15 is 0 Å². The monoisotopic (exact) mass is 260 g/mol. The SMILES string of the molecule is Cl.Cl.c1cnc2cc([C@H]3CCCN3)oc2c1. The number of furan rings is 1. The fourth-order valence-electron chi connectivity index (χ4n) is 1.99. The topological polar surface area (TPSA) is 38.1 Å². The molecule has 3 heterocycles. The van der Waals surface area contributed by atoms with Gasteiger partial charge in [-0.2, -0.15) is 0 Å². The summed E-state index contributed by atoms with van der Waals surface area (Å²) in [5, 5.41) is 3.41. The molecule has 0 aromatic carbocycles. The van der Waals surface area contributed by atoms with Gasteiger partial charge in [0, 0.05) is 12.3 Å². The normalized spacial score (nSPS) is 19.1. The first kappa shape index (κ1) is 13.3. The Hall–Kier alpha value is -0.770. The van der Waals surface area contributed by atoms with Crippen molar-refractivity contribution in [2.75, 3.05) is 6.54 Å². The van der Waals surface area contributed by atoms with Gasteiger partial charge in [-0.05, 0) is 31.5 Å². The van der Waals surface area contributed by atoms with E-state index < -0.39 is 0 Å². The third-order valence-corrected chi connectivity index (χ3v) is 2.71. The second-order valence-electron chi connectivity index (χ2n) is 3.68. The number of nitrogens with zero attached hydrogens (tertiary/aromatic N) is 1. The van der Waals surface area contributed by atoms with Crippen molar-refractivity contribution in [2.45, 2.75) is 18.9 Å². The Morgan fingerprint density at radius 3 is 2.94 bits per heavy atom. The van der Waals surface area contributed by atoms with E-state index in [1.807, 2.05) is 18.2 Å². The first-order valence-corrected chi connectivity index (χ1v) is 5.01. The molecule has 1 atom stereocenters. The molecule has 5 heteroatoms. The highest BCUT2D eigenvalue weighted by atomic mass is 35.5. The summed E-state index contributed by atoms with van der Waals surface area (Å²) < 4.78 is 5.73. The lowest BCUT2D eigenvalue weighted by Crippen LogP contribution is -2.11. The van der Waals surface area contributed by atoms with Crippen LogP contribution < -0.4 is 5.32 Å². The summed E-state index contributed by atoms with van der Waals surface area (Å²) in [6.07, 6.45) is 4.19. The first-order chi connectivity index (χ1) is 6.93. The Bertz CT molecular complexity index is 419. The van der Waals surface area contributed by atoms with Crippen molar-refractivity contribution in [1.82, 2.24) is 10.3 Å². The zero-order valence-electron chi connectivity index (χ0n) is 8.68. The molecule has 88 valence electrons. The lowest BCUT2D eigenvalue weighted by atomic mass is 10.2. The third-order valence-electron chi connectivity index (χ3n) is 2.71. The molecular formula is C11H14Cl2N2O. The Balaban J connectivity index is 0.000000640. The van der Waals surface area contributed by atoms with E-state index in [9.17, 15) is 0 Å². The summed E-state index contributed by atoms with van der Waals surface area (Å²) >= 11 is 0. The van der Waals surface area contributed by atoms with E-state index in [1.54, 1.807) is 6.20 Å². The summed E-state index contributed by atoms with van der Waals surface area (Å²) in [5.74, 6) is 1.02. The van der Waals surface area contributed by atoms with Crippen LogP contribution in [0.3, 0.4) is 0 Å². The Morgan fingerprint density at radius 2 is 2.25 bits per heavy atom. The van der Waals surface area contributed by atoms with Gasteiger partial charge in [0.25, 0.3) is 0 Å². The van der Waals surface area contributed by atoms with Crippen LogP contribution in [0.5, 0.6) is 0 Å². The largest absolute Gasteiger partial charge is 0.458 e. The smallest absolute Gasteiger partial charge is 0.152 e. The van der Waals surface area contributed by atoms with Gasteiger partial charge in [-0.15, -0.1) is 24.8 Å². The van der Waals surface area contributed by atoms with Crippen molar-refractivity contribution < 1.29 is 4.42 Å². The Morgan fingerprint density at radius 1 is 1.38 bits per heavy atom. The van der Waals surface area contributed by atoms with Crippen molar-refractivity contribution in [3.8, 4) is 0 Å². The quantitative estimate of drug-likeness (QED) is 0.857. The van der Waals surface area contributed by atoms with E-state index in [2.05, 4.69) is 10.3 Å². The summed E-state index contributed by atoms with van der Waals surface area (Å²) in [7, 11) is 0. The van der Waals surface area contributed by atoms with E-state index in [0.717, 1.165) is 23.4 Å². The molecule has 3 rings (SSSR count). The van der Waals surface area contributed by atoms with E-state index in [-0.39, 0.29) is 24.8 Å². The highest BCUT2D eigenvalue weighted by Crippen LogP contribution is 2.27. The zero-order chi connectivity index (χ0) is 9.38. The van der Waals surface area contributed by atoms with Crippen molar-refractivity contribution in [3.05, 3.63) is 30.2 Å². The second-order valence-corrected chi connectivity index (χ2v) is 3.68. The van der Waals surface area contributed by atoms with Crippen LogP contribution in [0, 0.1) is 0 Å². The van der Waals surface area contributed by atoms with Crippen LogP contribution in [0.2, 0.25) is 0 Å². The van der Waals surface area contributed by atoms with Crippen molar-refractivity contribution in [3.63, 3.8) is 0 Å². The highest BCUT2D eigenvalue weighted by molar-refractivity contribution is 5.85. The van der Waals surface area contributed by atoms with Crippen LogP contribution in [-0.2, 0) is 0 Å². The molecule has 0 radical (unpaired) electrons. The first-order valence-electron chi connectivity index (χ1n) is 5.01. The molecule has 2 aromatic heterocycles. The average Bonchev–Trinajstić information content (AvgIpc) is 2.86. The number of pyridine rings is 1. The summed E-state index contributed by atoms with van der Waals surface area (Å²) in [6.45, 7) is 1.09. The molecule has 0 unspecified atom stereocenters. The summed E-state index contributed by atoms with van der Waals surface area (Å²) in [5.41, 5.74) is 1.84. The zero-order valence-corrected chi connectivity index (χ0v) is 10.3. The van der Waals surface area contributed by atoms with Crippen LogP contribution >= 0.6 is 24.8 Å². The van der Waals surface area contributed by atoms with E-state index in [1.165, 1.54) is 12.8 Å². The van der Waals surface area contributed by atoms with Crippen LogP contribution in [0.25, 0.3) is 11.1 Å². The fraction of sp³-hybridized carbons (Fsp3) is 0.364. The molecule has 3 nitrogen and oxygen atoms in total.